The van der Waals surface area contributed by atoms with E-state index >= 15 is 0 Å². The fourth-order valence-electron chi connectivity index (χ4n) is 2.77. The Morgan fingerprint density at radius 2 is 1.50 bits per heavy atom. The highest BCUT2D eigenvalue weighted by molar-refractivity contribution is 5.25. The van der Waals surface area contributed by atoms with Gasteiger partial charge in [-0.3, -0.25) is 0 Å². The summed E-state index contributed by atoms with van der Waals surface area (Å²) in [5.74, 6) is 0.920. The second-order valence-corrected chi connectivity index (χ2v) is 4.77. The lowest BCUT2D eigenvalue weighted by atomic mass is 9.89. The highest BCUT2D eigenvalue weighted by atomic mass is 14.2. The summed E-state index contributed by atoms with van der Waals surface area (Å²) in [4.78, 5) is 0. The molecule has 1 fully saturated rings. The van der Waals surface area contributed by atoms with Crippen molar-refractivity contribution in [2.45, 2.75) is 57.8 Å². The van der Waals surface area contributed by atoms with Crippen molar-refractivity contribution in [3.05, 3.63) is 23.8 Å². The molecule has 2 aliphatic carbocycles. The monoisotopic (exact) mass is 190 g/mol. The first-order valence-electron chi connectivity index (χ1n) is 6.32. The molecule has 0 heterocycles. The van der Waals surface area contributed by atoms with E-state index in [0.717, 1.165) is 5.92 Å². The van der Waals surface area contributed by atoms with Gasteiger partial charge in [-0.15, -0.1) is 0 Å². The van der Waals surface area contributed by atoms with E-state index in [9.17, 15) is 0 Å². The van der Waals surface area contributed by atoms with E-state index in [0.29, 0.717) is 0 Å². The Bertz CT molecular complexity index is 212. The zero-order valence-electron chi connectivity index (χ0n) is 9.17. The van der Waals surface area contributed by atoms with Crippen LogP contribution in [-0.2, 0) is 0 Å². The average molecular weight is 190 g/mol. The van der Waals surface area contributed by atoms with Gasteiger partial charge in [0.25, 0.3) is 0 Å². The second kappa shape index (κ2) is 5.38. The van der Waals surface area contributed by atoms with Crippen molar-refractivity contribution < 1.29 is 0 Å². The number of hydrogen-bond donors (Lipinski definition) is 0. The van der Waals surface area contributed by atoms with Gasteiger partial charge in [0.15, 0.2) is 0 Å². The van der Waals surface area contributed by atoms with E-state index in [1.807, 2.05) is 0 Å². The van der Waals surface area contributed by atoms with Crippen LogP contribution >= 0.6 is 0 Å². The zero-order valence-corrected chi connectivity index (χ0v) is 9.17. The molecule has 1 saturated carbocycles. The Morgan fingerprint density at radius 1 is 0.857 bits per heavy atom. The summed E-state index contributed by atoms with van der Waals surface area (Å²) >= 11 is 0. The SMILES string of the molecule is C1=CCC(C2CCCCCCCC2)=C1. The normalized spacial score (nSPS) is 25.3. The molecule has 0 aromatic carbocycles. The zero-order chi connectivity index (χ0) is 9.64. The summed E-state index contributed by atoms with van der Waals surface area (Å²) in [6.45, 7) is 0. The van der Waals surface area contributed by atoms with Gasteiger partial charge in [0.2, 0.25) is 0 Å². The quantitative estimate of drug-likeness (QED) is 0.566. The third kappa shape index (κ3) is 2.73. The molecular weight excluding hydrogens is 168 g/mol. The van der Waals surface area contributed by atoms with Crippen LogP contribution in [0.3, 0.4) is 0 Å². The first-order valence-corrected chi connectivity index (χ1v) is 6.32. The van der Waals surface area contributed by atoms with E-state index in [-0.39, 0.29) is 0 Å². The summed E-state index contributed by atoms with van der Waals surface area (Å²) < 4.78 is 0. The lowest BCUT2D eigenvalue weighted by Gasteiger charge is -2.17. The van der Waals surface area contributed by atoms with Crippen LogP contribution in [0.1, 0.15) is 57.8 Å². The first kappa shape index (κ1) is 10.0. The highest BCUT2D eigenvalue weighted by Crippen LogP contribution is 2.31. The predicted molar refractivity (Wildman–Crippen MR) is 62.3 cm³/mol. The van der Waals surface area contributed by atoms with Crippen LogP contribution < -0.4 is 0 Å². The molecule has 0 radical (unpaired) electrons. The maximum absolute atomic E-state index is 2.36. The number of allylic oxidation sites excluding steroid dienone is 4. The van der Waals surface area contributed by atoms with E-state index in [1.165, 1.54) is 57.8 Å². The van der Waals surface area contributed by atoms with Crippen LogP contribution in [0.4, 0.5) is 0 Å². The van der Waals surface area contributed by atoms with Crippen molar-refractivity contribution >= 4 is 0 Å². The molecular formula is C14H22. The lowest BCUT2D eigenvalue weighted by molar-refractivity contribution is 0.482. The number of hydrogen-bond acceptors (Lipinski definition) is 0. The molecule has 2 rings (SSSR count). The second-order valence-electron chi connectivity index (χ2n) is 4.77. The minimum atomic E-state index is 0.920. The molecule has 0 heteroatoms. The van der Waals surface area contributed by atoms with Crippen LogP contribution in [0.15, 0.2) is 23.8 Å². The molecule has 0 unspecified atom stereocenters. The molecule has 0 N–H and O–H groups in total. The summed E-state index contributed by atoms with van der Waals surface area (Å²) in [6, 6.07) is 0. The molecule has 14 heavy (non-hydrogen) atoms. The Morgan fingerprint density at radius 3 is 2.07 bits per heavy atom. The van der Waals surface area contributed by atoms with Gasteiger partial charge < -0.3 is 0 Å². The predicted octanol–water partition coefficient (Wildman–Crippen LogP) is 4.62. The van der Waals surface area contributed by atoms with E-state index in [4.69, 9.17) is 0 Å². The van der Waals surface area contributed by atoms with Crippen molar-refractivity contribution in [3.63, 3.8) is 0 Å². The average Bonchev–Trinajstić information content (AvgIpc) is 2.75. The summed E-state index contributed by atoms with van der Waals surface area (Å²) in [7, 11) is 0. The van der Waals surface area contributed by atoms with Crippen molar-refractivity contribution in [2.24, 2.45) is 5.92 Å². The first-order chi connectivity index (χ1) is 6.97. The van der Waals surface area contributed by atoms with Crippen molar-refractivity contribution in [3.8, 4) is 0 Å². The maximum Gasteiger partial charge on any atom is -0.0130 e. The standard InChI is InChI=1S/C14H22/c1-2-4-6-10-13(9-5-3-1)14-11-7-8-12-14/h7-8,11,13H,1-6,9-10,12H2. The molecule has 0 atom stereocenters. The van der Waals surface area contributed by atoms with Gasteiger partial charge in [-0.1, -0.05) is 62.3 Å². The van der Waals surface area contributed by atoms with E-state index in [1.54, 1.807) is 5.57 Å². The minimum absolute atomic E-state index is 0.920. The Kier molecular flexibility index (Phi) is 3.85. The van der Waals surface area contributed by atoms with Gasteiger partial charge in [0.1, 0.15) is 0 Å². The summed E-state index contributed by atoms with van der Waals surface area (Å²) in [5.41, 5.74) is 1.71. The molecule has 2 aliphatic rings. The van der Waals surface area contributed by atoms with Crippen molar-refractivity contribution in [2.75, 3.05) is 0 Å². The van der Waals surface area contributed by atoms with Crippen LogP contribution in [0.2, 0.25) is 0 Å². The third-order valence-corrected chi connectivity index (χ3v) is 3.68. The van der Waals surface area contributed by atoms with Crippen LogP contribution in [0.25, 0.3) is 0 Å². The van der Waals surface area contributed by atoms with Gasteiger partial charge in [-0.25, -0.2) is 0 Å². The lowest BCUT2D eigenvalue weighted by Crippen LogP contribution is -2.02. The highest BCUT2D eigenvalue weighted by Gasteiger charge is 2.15. The van der Waals surface area contributed by atoms with Gasteiger partial charge in [-0.2, -0.15) is 0 Å². The Balaban J connectivity index is 1.87. The maximum atomic E-state index is 2.36. The smallest absolute Gasteiger partial charge is 0.0130 e. The summed E-state index contributed by atoms with van der Waals surface area (Å²) in [5, 5.41) is 0. The van der Waals surface area contributed by atoms with Crippen LogP contribution in [0.5, 0.6) is 0 Å². The van der Waals surface area contributed by atoms with Crippen LogP contribution in [0, 0.1) is 5.92 Å². The van der Waals surface area contributed by atoms with Gasteiger partial charge in [0.05, 0.1) is 0 Å². The molecule has 0 spiro atoms. The largest absolute Gasteiger partial charge is 0.0805 e. The molecule has 0 amide bonds. The molecule has 0 aromatic rings. The topological polar surface area (TPSA) is 0 Å². The molecule has 78 valence electrons. The Labute approximate surface area is 88.1 Å². The van der Waals surface area contributed by atoms with Gasteiger partial charge >= 0.3 is 0 Å². The van der Waals surface area contributed by atoms with E-state index in [2.05, 4.69) is 18.2 Å². The van der Waals surface area contributed by atoms with Crippen molar-refractivity contribution in [1.29, 1.82) is 0 Å². The Hall–Kier alpha value is -0.520. The van der Waals surface area contributed by atoms with Crippen LogP contribution in [-0.4, -0.2) is 0 Å². The van der Waals surface area contributed by atoms with Gasteiger partial charge in [0, 0.05) is 0 Å². The summed E-state index contributed by atoms with van der Waals surface area (Å²) in [6.07, 6.45) is 19.9. The van der Waals surface area contributed by atoms with Crippen molar-refractivity contribution in [1.82, 2.24) is 0 Å². The fraction of sp³-hybridized carbons (Fsp3) is 0.714. The molecule has 0 saturated heterocycles. The third-order valence-electron chi connectivity index (χ3n) is 3.68. The molecule has 0 bridgehead atoms. The molecule has 0 aliphatic heterocycles. The van der Waals surface area contributed by atoms with E-state index < -0.39 is 0 Å². The minimum Gasteiger partial charge on any atom is -0.0805 e. The fourth-order valence-corrected chi connectivity index (χ4v) is 2.77. The van der Waals surface area contributed by atoms with Gasteiger partial charge in [-0.05, 0) is 25.2 Å². The molecule has 0 nitrogen and oxygen atoms in total. The molecule has 0 aromatic heterocycles. The number of rotatable bonds is 1.